The first-order chi connectivity index (χ1) is 12.7. The monoisotopic (exact) mass is 410 g/mol. The molecule has 1 N–H and O–H groups in total. The number of anilines is 2. The Bertz CT molecular complexity index is 931. The Labute approximate surface area is 165 Å². The van der Waals surface area contributed by atoms with Gasteiger partial charge in [-0.15, -0.1) is 0 Å². The highest BCUT2D eigenvalue weighted by molar-refractivity contribution is 7.92. The van der Waals surface area contributed by atoms with Crippen molar-refractivity contribution in [3.63, 3.8) is 0 Å². The van der Waals surface area contributed by atoms with Crippen molar-refractivity contribution >= 4 is 38.9 Å². The number of sulfonamides is 1. The number of ether oxygens (including phenoxy) is 1. The van der Waals surface area contributed by atoms with Crippen LogP contribution in [0.1, 0.15) is 18.9 Å². The molecule has 1 atom stereocenters. The number of hydrogen-bond donors (Lipinski definition) is 1. The van der Waals surface area contributed by atoms with Gasteiger partial charge in [-0.2, -0.15) is 0 Å². The van der Waals surface area contributed by atoms with Gasteiger partial charge in [-0.1, -0.05) is 36.7 Å². The Morgan fingerprint density at radius 2 is 1.93 bits per heavy atom. The molecule has 0 fully saturated rings. The zero-order valence-corrected chi connectivity index (χ0v) is 17.3. The Hall–Kier alpha value is -2.25. The predicted octanol–water partition coefficient (Wildman–Crippen LogP) is 3.84. The third-order valence-corrected chi connectivity index (χ3v) is 5.50. The van der Waals surface area contributed by atoms with E-state index >= 15 is 0 Å². The van der Waals surface area contributed by atoms with Gasteiger partial charge in [-0.25, -0.2) is 8.42 Å². The summed E-state index contributed by atoms with van der Waals surface area (Å²) in [5.74, 6) is 0.0392. The van der Waals surface area contributed by atoms with Gasteiger partial charge in [0.2, 0.25) is 15.9 Å². The zero-order chi connectivity index (χ0) is 20.2. The first kappa shape index (κ1) is 21.1. The number of nitrogens with one attached hydrogen (secondary N) is 1. The number of carbonyl (C=O) groups excluding carboxylic acids is 1. The first-order valence-corrected chi connectivity index (χ1v) is 10.6. The number of amides is 1. The fourth-order valence-corrected chi connectivity index (χ4v) is 4.25. The molecule has 1 amide bonds. The number of para-hydroxylation sites is 2. The maximum absolute atomic E-state index is 13.0. The summed E-state index contributed by atoms with van der Waals surface area (Å²) in [6.07, 6.45) is 1.35. The smallest absolute Gasteiger partial charge is 0.248 e. The third kappa shape index (κ3) is 4.93. The van der Waals surface area contributed by atoms with E-state index < -0.39 is 22.0 Å². The molecular weight excluding hydrogens is 388 g/mol. The molecule has 27 heavy (non-hydrogen) atoms. The van der Waals surface area contributed by atoms with Crippen LogP contribution in [0.4, 0.5) is 11.4 Å². The van der Waals surface area contributed by atoms with Gasteiger partial charge in [-0.3, -0.25) is 9.10 Å². The van der Waals surface area contributed by atoms with E-state index in [1.54, 1.807) is 56.3 Å². The minimum atomic E-state index is -3.74. The van der Waals surface area contributed by atoms with Crippen LogP contribution in [0.5, 0.6) is 5.75 Å². The molecule has 0 heterocycles. The van der Waals surface area contributed by atoms with Crippen LogP contribution >= 0.6 is 11.6 Å². The van der Waals surface area contributed by atoms with Crippen LogP contribution in [-0.2, 0) is 14.8 Å². The van der Waals surface area contributed by atoms with E-state index in [1.165, 1.54) is 7.11 Å². The molecule has 0 saturated carbocycles. The van der Waals surface area contributed by atoms with Crippen LogP contribution in [-0.4, -0.2) is 33.7 Å². The van der Waals surface area contributed by atoms with Gasteiger partial charge in [0.05, 0.1) is 24.7 Å². The van der Waals surface area contributed by atoms with Crippen molar-refractivity contribution in [3.05, 3.63) is 53.1 Å². The minimum Gasteiger partial charge on any atom is -0.495 e. The van der Waals surface area contributed by atoms with E-state index in [2.05, 4.69) is 5.32 Å². The van der Waals surface area contributed by atoms with E-state index in [-0.39, 0.29) is 6.42 Å². The van der Waals surface area contributed by atoms with E-state index in [0.717, 1.165) is 10.6 Å². The van der Waals surface area contributed by atoms with Crippen LogP contribution in [0.2, 0.25) is 5.02 Å². The van der Waals surface area contributed by atoms with Gasteiger partial charge in [0.1, 0.15) is 11.8 Å². The second kappa shape index (κ2) is 8.63. The molecule has 0 aliphatic heterocycles. The number of methoxy groups -OCH3 is 1. The van der Waals surface area contributed by atoms with Crippen molar-refractivity contribution < 1.29 is 17.9 Å². The van der Waals surface area contributed by atoms with Gasteiger partial charge in [0.25, 0.3) is 0 Å². The molecule has 0 bridgehead atoms. The zero-order valence-electron chi connectivity index (χ0n) is 15.7. The van der Waals surface area contributed by atoms with Crippen molar-refractivity contribution in [2.45, 2.75) is 26.3 Å². The average molecular weight is 411 g/mol. The number of halogens is 1. The Morgan fingerprint density at radius 1 is 1.26 bits per heavy atom. The van der Waals surface area contributed by atoms with Crippen LogP contribution in [0.25, 0.3) is 0 Å². The summed E-state index contributed by atoms with van der Waals surface area (Å²) in [6.45, 7) is 3.53. The number of aryl methyl sites for hydroxylation is 1. The number of benzene rings is 2. The summed E-state index contributed by atoms with van der Waals surface area (Å²) in [5, 5.41) is 3.16. The summed E-state index contributed by atoms with van der Waals surface area (Å²) in [4.78, 5) is 13.0. The van der Waals surface area contributed by atoms with Gasteiger partial charge in [0.15, 0.2) is 0 Å². The molecule has 0 spiro atoms. The second-order valence-corrected chi connectivity index (χ2v) is 8.40. The van der Waals surface area contributed by atoms with Gasteiger partial charge >= 0.3 is 0 Å². The lowest BCUT2D eigenvalue weighted by Gasteiger charge is -2.31. The van der Waals surface area contributed by atoms with Crippen LogP contribution in [0.15, 0.2) is 42.5 Å². The van der Waals surface area contributed by atoms with Crippen LogP contribution in [0, 0.1) is 6.92 Å². The number of nitrogens with zero attached hydrogens (tertiary/aromatic N) is 1. The fraction of sp³-hybridized carbons (Fsp3) is 0.316. The standard InChI is InChI=1S/C19H23ClN2O4S/c1-5-16(19(23)21-15-8-6-7-9-18(15)26-3)22(27(4,24)25)17-12-14(20)11-10-13(17)2/h6-12,16H,5H2,1-4H3,(H,21,23)/t16-/m0/s1. The van der Waals surface area contributed by atoms with Crippen molar-refractivity contribution in [2.75, 3.05) is 23.0 Å². The van der Waals surface area contributed by atoms with E-state index in [0.29, 0.717) is 27.7 Å². The topological polar surface area (TPSA) is 75.7 Å². The van der Waals surface area contributed by atoms with E-state index in [4.69, 9.17) is 16.3 Å². The predicted molar refractivity (Wildman–Crippen MR) is 109 cm³/mol. The average Bonchev–Trinajstić information content (AvgIpc) is 2.61. The summed E-state index contributed by atoms with van der Waals surface area (Å²) < 4.78 is 31.5. The van der Waals surface area contributed by atoms with Crippen LogP contribution in [0.3, 0.4) is 0 Å². The Balaban J connectivity index is 2.46. The summed E-state index contributed by atoms with van der Waals surface area (Å²) >= 11 is 6.07. The SMILES string of the molecule is CC[C@@H](C(=O)Nc1ccccc1OC)N(c1cc(Cl)ccc1C)S(C)(=O)=O. The van der Waals surface area contributed by atoms with Crippen molar-refractivity contribution in [3.8, 4) is 5.75 Å². The first-order valence-electron chi connectivity index (χ1n) is 8.38. The maximum Gasteiger partial charge on any atom is 0.248 e. The third-order valence-electron chi connectivity index (χ3n) is 4.10. The Morgan fingerprint density at radius 3 is 2.52 bits per heavy atom. The summed E-state index contributed by atoms with van der Waals surface area (Å²) in [7, 11) is -2.24. The molecule has 146 valence electrons. The number of hydrogen-bond acceptors (Lipinski definition) is 4. The molecule has 0 aliphatic rings. The molecule has 2 aromatic carbocycles. The lowest BCUT2D eigenvalue weighted by molar-refractivity contribution is -0.117. The van der Waals surface area contributed by atoms with Crippen molar-refractivity contribution in [1.82, 2.24) is 0 Å². The highest BCUT2D eigenvalue weighted by atomic mass is 35.5. The highest BCUT2D eigenvalue weighted by Crippen LogP contribution is 2.30. The summed E-state index contributed by atoms with van der Waals surface area (Å²) in [6, 6.07) is 11.0. The van der Waals surface area contributed by atoms with Crippen LogP contribution < -0.4 is 14.4 Å². The van der Waals surface area contributed by atoms with E-state index in [1.807, 2.05) is 0 Å². The fourth-order valence-electron chi connectivity index (χ4n) is 2.82. The van der Waals surface area contributed by atoms with Gasteiger partial charge in [-0.05, 0) is 43.2 Å². The maximum atomic E-state index is 13.0. The van der Waals surface area contributed by atoms with E-state index in [9.17, 15) is 13.2 Å². The molecular formula is C19H23ClN2O4S. The lowest BCUT2D eigenvalue weighted by Crippen LogP contribution is -2.47. The largest absolute Gasteiger partial charge is 0.495 e. The van der Waals surface area contributed by atoms with Crippen molar-refractivity contribution in [1.29, 1.82) is 0 Å². The van der Waals surface area contributed by atoms with Crippen molar-refractivity contribution in [2.24, 2.45) is 0 Å². The molecule has 0 aromatic heterocycles. The molecule has 8 heteroatoms. The Kier molecular flexibility index (Phi) is 6.73. The molecule has 0 radical (unpaired) electrons. The second-order valence-electron chi connectivity index (χ2n) is 6.10. The molecule has 0 unspecified atom stereocenters. The highest BCUT2D eigenvalue weighted by Gasteiger charge is 2.32. The summed E-state index contributed by atoms with van der Waals surface area (Å²) in [5.41, 5.74) is 1.56. The molecule has 0 aliphatic carbocycles. The van der Waals surface area contributed by atoms with Gasteiger partial charge in [0, 0.05) is 5.02 Å². The molecule has 2 rings (SSSR count). The minimum absolute atomic E-state index is 0.278. The number of rotatable bonds is 7. The molecule has 6 nitrogen and oxygen atoms in total. The number of carbonyl (C=O) groups is 1. The van der Waals surface area contributed by atoms with Gasteiger partial charge < -0.3 is 10.1 Å². The normalized spacial score (nSPS) is 12.3. The molecule has 2 aromatic rings. The lowest BCUT2D eigenvalue weighted by atomic mass is 10.1. The quantitative estimate of drug-likeness (QED) is 0.752. The molecule has 0 saturated heterocycles.